The fraction of sp³-hybridized carbons (Fsp3) is 0.415. The van der Waals surface area contributed by atoms with Crippen molar-refractivity contribution in [3.05, 3.63) is 114 Å². The predicted molar refractivity (Wildman–Crippen MR) is 201 cm³/mol. The van der Waals surface area contributed by atoms with Crippen molar-refractivity contribution in [2.75, 3.05) is 49.6 Å². The lowest BCUT2D eigenvalue weighted by molar-refractivity contribution is -0.117. The summed E-state index contributed by atoms with van der Waals surface area (Å²) in [7, 11) is 2.12. The van der Waals surface area contributed by atoms with Crippen LogP contribution in [-0.4, -0.2) is 78.5 Å². The molecule has 1 aromatic heterocycles. The number of halogens is 1. The van der Waals surface area contributed by atoms with Crippen LogP contribution in [0.15, 0.2) is 96.7 Å². The smallest absolute Gasteiger partial charge is 0.255 e. The standard InChI is InChI=1S/C41H49FN6O3/c1-5-7-8-14-32-24-31(23-28(3)6-2)48-22-16-33(41(50)45-17-15-30-13-9-10-20-46(30)4)39(49)34-25-35(42)38(40(51-32)37(34)48)47-21-11-12-29(27-47)36-26-43-18-19-44-36/h5-8,14,16,18-19,23-26,29-30,32H,2,9-13,15,17,20-22,27H2,1,3-4H3,(H,45,50)/b7-5-,14-8+,28-23+/t29?,30-,32?/m0/s1. The van der Waals surface area contributed by atoms with Crippen LogP contribution >= 0.6 is 0 Å². The normalized spacial score (nSPS) is 22.9. The summed E-state index contributed by atoms with van der Waals surface area (Å²) in [6.45, 7) is 10.6. The summed E-state index contributed by atoms with van der Waals surface area (Å²) in [5.41, 5.74) is 3.35. The van der Waals surface area contributed by atoms with Crippen LogP contribution in [0.3, 0.4) is 0 Å². The topological polar surface area (TPSA) is 90.9 Å². The van der Waals surface area contributed by atoms with Gasteiger partial charge in [-0.3, -0.25) is 19.6 Å². The maximum Gasteiger partial charge on any atom is 0.255 e. The molecule has 0 spiro atoms. The Balaban J connectivity index is 1.42. The number of ketones is 1. The van der Waals surface area contributed by atoms with Crippen molar-refractivity contribution in [2.24, 2.45) is 0 Å². The summed E-state index contributed by atoms with van der Waals surface area (Å²) in [4.78, 5) is 43.2. The zero-order valence-corrected chi connectivity index (χ0v) is 30.0. The molecule has 1 amide bonds. The van der Waals surface area contributed by atoms with Gasteiger partial charge in [-0.1, -0.05) is 37.3 Å². The summed E-state index contributed by atoms with van der Waals surface area (Å²) in [6, 6.07) is 1.68. The number of Topliss-reactive ketones (excluding diaryl/α,β-unsaturated/α-hetero) is 1. The molecule has 2 unspecified atom stereocenters. The molecule has 1 N–H and O–H groups in total. The zero-order valence-electron chi connectivity index (χ0n) is 30.0. The largest absolute Gasteiger partial charge is 0.478 e. The lowest BCUT2D eigenvalue weighted by atomic mass is 9.93. The average molecular weight is 693 g/mol. The average Bonchev–Trinajstić information content (AvgIpc) is 3.38. The fourth-order valence-corrected chi connectivity index (χ4v) is 7.52. The highest BCUT2D eigenvalue weighted by Crippen LogP contribution is 2.49. The number of allylic oxidation sites excluding steroid dienone is 6. The second-order valence-electron chi connectivity index (χ2n) is 13.8. The van der Waals surface area contributed by atoms with Gasteiger partial charge in [-0.2, -0.15) is 0 Å². The van der Waals surface area contributed by atoms with Crippen molar-refractivity contribution in [1.29, 1.82) is 0 Å². The first-order valence-electron chi connectivity index (χ1n) is 18.2. The van der Waals surface area contributed by atoms with Crippen molar-refractivity contribution >= 4 is 23.1 Å². The van der Waals surface area contributed by atoms with Crippen LogP contribution in [0.2, 0.25) is 0 Å². The Kier molecular flexibility index (Phi) is 11.6. The molecule has 4 aliphatic rings. The molecule has 0 saturated carbocycles. The van der Waals surface area contributed by atoms with Crippen molar-refractivity contribution in [3.63, 3.8) is 0 Å². The van der Waals surface area contributed by atoms with E-state index in [1.165, 1.54) is 18.9 Å². The van der Waals surface area contributed by atoms with Crippen LogP contribution in [0.1, 0.15) is 74.3 Å². The lowest BCUT2D eigenvalue weighted by Crippen LogP contribution is -2.39. The van der Waals surface area contributed by atoms with E-state index in [0.29, 0.717) is 37.1 Å². The summed E-state index contributed by atoms with van der Waals surface area (Å²) >= 11 is 0. The van der Waals surface area contributed by atoms with E-state index in [4.69, 9.17) is 4.74 Å². The number of likely N-dealkylation sites (tertiary alicyclic amines) is 1. The van der Waals surface area contributed by atoms with Gasteiger partial charge in [0, 0.05) is 62.4 Å². The third kappa shape index (κ3) is 8.06. The molecule has 268 valence electrons. The number of amides is 1. The minimum Gasteiger partial charge on any atom is -0.478 e. The molecule has 4 aliphatic heterocycles. The molecule has 2 fully saturated rings. The summed E-state index contributed by atoms with van der Waals surface area (Å²) in [5.74, 6) is -1.23. The molecule has 1 aromatic carbocycles. The van der Waals surface area contributed by atoms with Gasteiger partial charge in [0.05, 0.1) is 22.5 Å². The SMILES string of the molecule is C=C/C(C)=C/C1=CC(/C=C/C=C\C)Oc2c(N3CCCC(c4cnccn4)C3)c(F)cc3c2N1CC=C(C(=O)NCC[C@@H]1CCCCN1C)C3=O. The van der Waals surface area contributed by atoms with Crippen LogP contribution in [-0.2, 0) is 4.79 Å². The van der Waals surface area contributed by atoms with Crippen molar-refractivity contribution in [2.45, 2.75) is 70.4 Å². The predicted octanol–water partition coefficient (Wildman–Crippen LogP) is 6.83. The number of benzene rings is 1. The van der Waals surface area contributed by atoms with Crippen molar-refractivity contribution in [3.8, 4) is 5.75 Å². The number of carbonyl (C=O) groups is 2. The Labute approximate surface area is 301 Å². The van der Waals surface area contributed by atoms with Gasteiger partial charge >= 0.3 is 0 Å². The van der Waals surface area contributed by atoms with E-state index in [0.717, 1.165) is 49.2 Å². The number of hydrogen-bond acceptors (Lipinski definition) is 8. The number of rotatable bonds is 10. The molecule has 5 heterocycles. The Morgan fingerprint density at radius 3 is 2.78 bits per heavy atom. The van der Waals surface area contributed by atoms with Crippen molar-refractivity contribution < 1.29 is 18.7 Å². The quantitative estimate of drug-likeness (QED) is 0.214. The van der Waals surface area contributed by atoms with Gasteiger partial charge in [-0.25, -0.2) is 4.39 Å². The molecule has 10 heteroatoms. The molecular formula is C41H49FN6O3. The van der Waals surface area contributed by atoms with E-state index < -0.39 is 23.6 Å². The van der Waals surface area contributed by atoms with Crippen LogP contribution in [0.5, 0.6) is 5.75 Å². The molecule has 2 saturated heterocycles. The molecule has 0 radical (unpaired) electrons. The number of carbonyl (C=O) groups excluding carboxylic acids is 2. The Hall–Kier alpha value is -4.83. The van der Waals surface area contributed by atoms with E-state index in [-0.39, 0.29) is 29.3 Å². The van der Waals surface area contributed by atoms with Crippen molar-refractivity contribution in [1.82, 2.24) is 20.2 Å². The molecule has 51 heavy (non-hydrogen) atoms. The second kappa shape index (κ2) is 16.5. The number of hydrogen-bond donors (Lipinski definition) is 1. The molecule has 0 bridgehead atoms. The van der Waals surface area contributed by atoms with Gasteiger partial charge in [0.15, 0.2) is 11.6 Å². The monoisotopic (exact) mass is 692 g/mol. The molecular weight excluding hydrogens is 643 g/mol. The van der Waals surface area contributed by atoms with E-state index in [2.05, 4.69) is 33.8 Å². The minimum atomic E-state index is -0.581. The first-order chi connectivity index (χ1) is 24.8. The maximum absolute atomic E-state index is 16.8. The van der Waals surface area contributed by atoms with Gasteiger partial charge < -0.3 is 24.8 Å². The number of aromatic nitrogens is 2. The third-order valence-corrected chi connectivity index (χ3v) is 10.3. The fourth-order valence-electron chi connectivity index (χ4n) is 7.52. The highest BCUT2D eigenvalue weighted by atomic mass is 19.1. The number of piperidine rings is 2. The van der Waals surface area contributed by atoms with Crippen LogP contribution in [0.4, 0.5) is 15.8 Å². The Bertz CT molecular complexity index is 1780. The number of ether oxygens (including phenoxy) is 1. The molecule has 3 atom stereocenters. The number of anilines is 2. The number of nitrogens with zero attached hydrogens (tertiary/aromatic N) is 5. The highest BCUT2D eigenvalue weighted by molar-refractivity contribution is 6.28. The van der Waals surface area contributed by atoms with Gasteiger partial charge in [0.2, 0.25) is 5.78 Å². The van der Waals surface area contributed by atoms with Gasteiger partial charge in [-0.15, -0.1) is 0 Å². The summed E-state index contributed by atoms with van der Waals surface area (Å²) in [5, 5.41) is 3.00. The van der Waals surface area contributed by atoms with Gasteiger partial charge in [-0.05, 0) is 95.5 Å². The first-order valence-corrected chi connectivity index (χ1v) is 18.2. The zero-order chi connectivity index (χ0) is 35.9. The lowest BCUT2D eigenvalue weighted by Gasteiger charge is -2.36. The molecule has 2 aromatic rings. The summed E-state index contributed by atoms with van der Waals surface area (Å²) in [6.07, 6.45) is 25.5. The van der Waals surface area contributed by atoms with Gasteiger partial charge in [0.1, 0.15) is 11.8 Å². The van der Waals surface area contributed by atoms with Crippen LogP contribution < -0.4 is 19.9 Å². The third-order valence-electron chi connectivity index (χ3n) is 10.3. The first kappa shape index (κ1) is 36.0. The highest BCUT2D eigenvalue weighted by Gasteiger charge is 2.38. The summed E-state index contributed by atoms with van der Waals surface area (Å²) < 4.78 is 23.5. The molecule has 9 nitrogen and oxygen atoms in total. The Morgan fingerprint density at radius 1 is 1.16 bits per heavy atom. The van der Waals surface area contributed by atoms with Crippen LogP contribution in [0.25, 0.3) is 0 Å². The minimum absolute atomic E-state index is 0.00316. The Morgan fingerprint density at radius 2 is 2.02 bits per heavy atom. The van der Waals surface area contributed by atoms with E-state index in [9.17, 15) is 9.59 Å². The van der Waals surface area contributed by atoms with Crippen LogP contribution in [0, 0.1) is 5.82 Å². The maximum atomic E-state index is 16.8. The van der Waals surface area contributed by atoms with E-state index in [1.807, 2.05) is 60.1 Å². The molecule has 6 rings (SSSR count). The van der Waals surface area contributed by atoms with E-state index in [1.54, 1.807) is 30.7 Å². The number of nitrogens with one attached hydrogen (secondary N) is 1. The van der Waals surface area contributed by atoms with E-state index >= 15 is 4.39 Å². The second-order valence-corrected chi connectivity index (χ2v) is 13.8. The van der Waals surface area contributed by atoms with Gasteiger partial charge in [0.25, 0.3) is 5.91 Å². The molecule has 0 aliphatic carbocycles.